The molecule has 2 heterocycles. The number of allylic oxidation sites excluding steroid dienone is 1. The van der Waals surface area contributed by atoms with Gasteiger partial charge >= 0.3 is 6.03 Å². The monoisotopic (exact) mass is 478 g/mol. The summed E-state index contributed by atoms with van der Waals surface area (Å²) in [6, 6.07) is 12.7. The van der Waals surface area contributed by atoms with Crippen molar-refractivity contribution >= 4 is 11.6 Å². The molecule has 1 N–H and O–H groups in total. The number of benzene rings is 2. The van der Waals surface area contributed by atoms with E-state index in [0.717, 1.165) is 28.0 Å². The number of hydrogen-bond acceptors (Lipinski definition) is 7. The lowest BCUT2D eigenvalue weighted by Crippen LogP contribution is -2.46. The van der Waals surface area contributed by atoms with Crippen LogP contribution in [0.1, 0.15) is 36.4 Å². The normalized spacial score (nSPS) is 15.9. The highest BCUT2D eigenvalue weighted by Gasteiger charge is 2.36. The molecule has 3 aromatic rings. The Morgan fingerprint density at radius 1 is 1.03 bits per heavy atom. The van der Waals surface area contributed by atoms with Gasteiger partial charge in [0.1, 0.15) is 0 Å². The third-order valence-corrected chi connectivity index (χ3v) is 6.03. The van der Waals surface area contributed by atoms with E-state index in [-0.39, 0.29) is 6.03 Å². The van der Waals surface area contributed by atoms with Crippen LogP contribution in [-0.2, 0) is 4.74 Å². The van der Waals surface area contributed by atoms with Crippen LogP contribution in [0, 0.1) is 6.92 Å². The van der Waals surface area contributed by atoms with Crippen molar-refractivity contribution in [1.29, 1.82) is 0 Å². The Morgan fingerprint density at radius 3 is 2.46 bits per heavy atom. The van der Waals surface area contributed by atoms with Crippen molar-refractivity contribution in [3.63, 3.8) is 0 Å². The van der Waals surface area contributed by atoms with Gasteiger partial charge in [0.15, 0.2) is 11.5 Å². The summed E-state index contributed by atoms with van der Waals surface area (Å²) in [5, 5.41) is 7.32. The average molecular weight is 479 g/mol. The molecule has 0 spiro atoms. The highest BCUT2D eigenvalue weighted by molar-refractivity contribution is 5.87. The average Bonchev–Trinajstić information content (AvgIpc) is 3.35. The molecule has 0 bridgehead atoms. The van der Waals surface area contributed by atoms with Crippen molar-refractivity contribution in [3.8, 4) is 22.9 Å². The van der Waals surface area contributed by atoms with Gasteiger partial charge in [0, 0.05) is 31.5 Å². The fraction of sp³-hybridized carbons (Fsp3) is 0.346. The van der Waals surface area contributed by atoms with E-state index in [1.165, 1.54) is 0 Å². The highest BCUT2D eigenvalue weighted by Crippen LogP contribution is 2.40. The Bertz CT molecular complexity index is 1220. The van der Waals surface area contributed by atoms with Crippen molar-refractivity contribution < 1.29 is 23.5 Å². The SMILES string of the molecule is COCCCN1C(=O)NC(c2ccc(OC)c(OC)c2)C(c2nc(-c3ccc(C)cc3)no2)=C1C. The maximum atomic E-state index is 13.1. The summed E-state index contributed by atoms with van der Waals surface area (Å²) >= 11 is 0. The van der Waals surface area contributed by atoms with Gasteiger partial charge in [-0.3, -0.25) is 4.90 Å². The molecule has 4 rings (SSSR count). The lowest BCUT2D eigenvalue weighted by Gasteiger charge is -2.35. The number of rotatable bonds is 9. The van der Waals surface area contributed by atoms with Gasteiger partial charge in [0.2, 0.25) is 5.82 Å². The summed E-state index contributed by atoms with van der Waals surface area (Å²) in [6.45, 7) is 4.96. The molecule has 2 aromatic carbocycles. The van der Waals surface area contributed by atoms with E-state index in [4.69, 9.17) is 23.7 Å². The number of carbonyl (C=O) groups is 1. The third kappa shape index (κ3) is 5.00. The summed E-state index contributed by atoms with van der Waals surface area (Å²) in [5.74, 6) is 1.98. The number of hydrogen-bond donors (Lipinski definition) is 1. The van der Waals surface area contributed by atoms with E-state index >= 15 is 0 Å². The van der Waals surface area contributed by atoms with Crippen LogP contribution in [-0.4, -0.2) is 55.6 Å². The number of nitrogens with zero attached hydrogens (tertiary/aromatic N) is 3. The van der Waals surface area contributed by atoms with Crippen LogP contribution in [0.2, 0.25) is 0 Å². The lowest BCUT2D eigenvalue weighted by atomic mass is 9.94. The molecule has 0 saturated carbocycles. The maximum Gasteiger partial charge on any atom is 0.322 e. The molecule has 0 aliphatic carbocycles. The lowest BCUT2D eigenvalue weighted by molar-refractivity contribution is 0.174. The first-order valence-electron chi connectivity index (χ1n) is 11.4. The number of nitrogens with one attached hydrogen (secondary N) is 1. The minimum Gasteiger partial charge on any atom is -0.493 e. The topological polar surface area (TPSA) is 99.0 Å². The molecule has 0 saturated heterocycles. The van der Waals surface area contributed by atoms with Crippen LogP contribution in [0.3, 0.4) is 0 Å². The van der Waals surface area contributed by atoms with Crippen molar-refractivity contribution in [2.24, 2.45) is 0 Å². The summed E-state index contributed by atoms with van der Waals surface area (Å²) in [6.07, 6.45) is 0.689. The Hall–Kier alpha value is -3.85. The first kappa shape index (κ1) is 24.3. The fourth-order valence-corrected chi connectivity index (χ4v) is 4.13. The summed E-state index contributed by atoms with van der Waals surface area (Å²) in [4.78, 5) is 19.5. The second-order valence-corrected chi connectivity index (χ2v) is 8.28. The summed E-state index contributed by atoms with van der Waals surface area (Å²) < 4.78 is 21.8. The van der Waals surface area contributed by atoms with Crippen LogP contribution in [0.25, 0.3) is 17.0 Å². The molecule has 0 fully saturated rings. The zero-order chi connectivity index (χ0) is 24.9. The zero-order valence-electron chi connectivity index (χ0n) is 20.6. The third-order valence-electron chi connectivity index (χ3n) is 6.03. The van der Waals surface area contributed by atoms with Gasteiger partial charge in [-0.15, -0.1) is 0 Å². The van der Waals surface area contributed by atoms with E-state index in [1.54, 1.807) is 26.2 Å². The number of methoxy groups -OCH3 is 3. The van der Waals surface area contributed by atoms with Gasteiger partial charge in [-0.05, 0) is 38.0 Å². The number of aryl methyl sites for hydroxylation is 1. The second kappa shape index (κ2) is 10.6. The highest BCUT2D eigenvalue weighted by atomic mass is 16.5. The van der Waals surface area contributed by atoms with Crippen LogP contribution in [0.4, 0.5) is 4.79 Å². The van der Waals surface area contributed by atoms with Crippen LogP contribution in [0.15, 0.2) is 52.7 Å². The van der Waals surface area contributed by atoms with Crippen molar-refractivity contribution in [1.82, 2.24) is 20.4 Å². The molecule has 1 atom stereocenters. The van der Waals surface area contributed by atoms with Crippen LogP contribution in [0.5, 0.6) is 11.5 Å². The molecule has 9 heteroatoms. The fourth-order valence-electron chi connectivity index (χ4n) is 4.13. The van der Waals surface area contributed by atoms with E-state index in [1.807, 2.05) is 56.3 Å². The van der Waals surface area contributed by atoms with Gasteiger partial charge in [-0.25, -0.2) is 4.79 Å². The predicted octanol–water partition coefficient (Wildman–Crippen LogP) is 4.60. The van der Waals surface area contributed by atoms with Gasteiger partial charge in [0.25, 0.3) is 5.89 Å². The molecule has 35 heavy (non-hydrogen) atoms. The molecular formula is C26H30N4O5. The number of amides is 2. The van der Waals surface area contributed by atoms with E-state index in [2.05, 4.69) is 10.5 Å². The molecule has 1 aliphatic rings. The predicted molar refractivity (Wildman–Crippen MR) is 131 cm³/mol. The van der Waals surface area contributed by atoms with Gasteiger partial charge in [-0.1, -0.05) is 41.1 Å². The zero-order valence-corrected chi connectivity index (χ0v) is 20.6. The second-order valence-electron chi connectivity index (χ2n) is 8.28. The summed E-state index contributed by atoms with van der Waals surface area (Å²) in [5.41, 5.74) is 4.26. The van der Waals surface area contributed by atoms with Crippen molar-refractivity contribution in [2.75, 3.05) is 34.5 Å². The molecular weight excluding hydrogens is 448 g/mol. The van der Waals surface area contributed by atoms with Crippen molar-refractivity contribution in [3.05, 3.63) is 65.2 Å². The van der Waals surface area contributed by atoms with Crippen LogP contribution < -0.4 is 14.8 Å². The minimum atomic E-state index is -0.521. The number of carbonyl (C=O) groups excluding carboxylic acids is 1. The molecule has 0 radical (unpaired) electrons. The minimum absolute atomic E-state index is 0.208. The smallest absolute Gasteiger partial charge is 0.322 e. The molecule has 9 nitrogen and oxygen atoms in total. The largest absolute Gasteiger partial charge is 0.493 e. The number of ether oxygens (including phenoxy) is 3. The van der Waals surface area contributed by atoms with E-state index < -0.39 is 6.04 Å². The van der Waals surface area contributed by atoms with Gasteiger partial charge in [-0.2, -0.15) is 4.98 Å². The first-order chi connectivity index (χ1) is 17.0. The first-order valence-corrected chi connectivity index (χ1v) is 11.4. The Kier molecular flexibility index (Phi) is 7.36. The Labute approximate surface area is 204 Å². The molecule has 184 valence electrons. The molecule has 1 aromatic heterocycles. The van der Waals surface area contributed by atoms with E-state index in [0.29, 0.717) is 42.8 Å². The number of aromatic nitrogens is 2. The van der Waals surface area contributed by atoms with Crippen molar-refractivity contribution in [2.45, 2.75) is 26.3 Å². The maximum absolute atomic E-state index is 13.1. The Morgan fingerprint density at radius 2 is 1.77 bits per heavy atom. The molecule has 1 aliphatic heterocycles. The van der Waals surface area contributed by atoms with E-state index in [9.17, 15) is 4.79 Å². The molecule has 2 amide bonds. The van der Waals surface area contributed by atoms with Gasteiger partial charge < -0.3 is 24.1 Å². The molecule has 1 unspecified atom stereocenters. The van der Waals surface area contributed by atoms with Gasteiger partial charge in [0.05, 0.1) is 25.8 Å². The Balaban J connectivity index is 1.79. The summed E-state index contributed by atoms with van der Waals surface area (Å²) in [7, 11) is 4.80. The number of urea groups is 1. The standard InChI is InChI=1S/C26H30N4O5/c1-16-7-9-18(10-8-16)24-28-25(35-29-24)22-17(2)30(13-6-14-32-3)26(31)27-23(22)19-11-12-20(33-4)21(15-19)34-5/h7-12,15,23H,6,13-14H2,1-5H3,(H,27,31). The quantitative estimate of drug-likeness (QED) is 0.449. The van der Waals surface area contributed by atoms with Crippen LogP contribution >= 0.6 is 0 Å².